The number of aromatic nitrogens is 1. The first-order chi connectivity index (χ1) is 11.7. The Balaban J connectivity index is 0.00000225. The van der Waals surface area contributed by atoms with Crippen molar-refractivity contribution in [3.8, 4) is 0 Å². The maximum Gasteiger partial charge on any atom is 0.191 e. The second kappa shape index (κ2) is 9.59. The van der Waals surface area contributed by atoms with Crippen LogP contribution in [0.1, 0.15) is 16.9 Å². The van der Waals surface area contributed by atoms with Crippen molar-refractivity contribution in [1.29, 1.82) is 0 Å². The average Bonchev–Trinajstić information content (AvgIpc) is 3.21. The summed E-state index contributed by atoms with van der Waals surface area (Å²) in [5.74, 6) is 1.70. The van der Waals surface area contributed by atoms with Gasteiger partial charge in [0, 0.05) is 37.3 Å². The second-order valence-electron chi connectivity index (χ2n) is 5.84. The molecule has 8 heteroatoms. The molecule has 0 amide bonds. The van der Waals surface area contributed by atoms with Crippen LogP contribution in [0.25, 0.3) is 0 Å². The fourth-order valence-corrected chi connectivity index (χ4v) is 3.90. The second-order valence-corrected chi connectivity index (χ2v) is 7.25. The van der Waals surface area contributed by atoms with Crippen molar-refractivity contribution < 1.29 is 0 Å². The summed E-state index contributed by atoms with van der Waals surface area (Å²) < 4.78 is 0. The molecular weight excluding hydrogens is 469 g/mol. The molecule has 0 aliphatic carbocycles. The van der Waals surface area contributed by atoms with Crippen molar-refractivity contribution in [1.82, 2.24) is 15.6 Å². The van der Waals surface area contributed by atoms with Gasteiger partial charge in [0.15, 0.2) is 5.96 Å². The molecule has 1 aliphatic rings. The number of anilines is 1. The Morgan fingerprint density at radius 2 is 2.32 bits per heavy atom. The molecule has 1 saturated heterocycles. The zero-order valence-electron chi connectivity index (χ0n) is 14.3. The van der Waals surface area contributed by atoms with Crippen molar-refractivity contribution in [2.24, 2.45) is 4.99 Å². The highest BCUT2D eigenvalue weighted by atomic mass is 127. The topological polar surface area (TPSA) is 52.6 Å². The highest BCUT2D eigenvalue weighted by molar-refractivity contribution is 14.0. The van der Waals surface area contributed by atoms with Crippen LogP contribution in [0.2, 0.25) is 5.02 Å². The lowest BCUT2D eigenvalue weighted by atomic mass is 10.2. The van der Waals surface area contributed by atoms with E-state index in [0.29, 0.717) is 11.1 Å². The van der Waals surface area contributed by atoms with Gasteiger partial charge in [0.1, 0.15) is 5.82 Å². The Morgan fingerprint density at radius 3 is 3.00 bits per heavy atom. The smallest absolute Gasteiger partial charge is 0.191 e. The number of nitrogens with zero attached hydrogens (tertiary/aromatic N) is 3. The van der Waals surface area contributed by atoms with Crippen LogP contribution < -0.4 is 15.5 Å². The van der Waals surface area contributed by atoms with E-state index in [-0.39, 0.29) is 24.0 Å². The largest absolute Gasteiger partial charge is 0.353 e. The zero-order chi connectivity index (χ0) is 16.9. The summed E-state index contributed by atoms with van der Waals surface area (Å²) in [7, 11) is 1.80. The molecule has 2 aromatic heterocycles. The Bertz CT molecular complexity index is 721. The fourth-order valence-electron chi connectivity index (χ4n) is 2.82. The van der Waals surface area contributed by atoms with E-state index in [1.807, 2.05) is 12.1 Å². The van der Waals surface area contributed by atoms with Gasteiger partial charge in [-0.3, -0.25) is 4.99 Å². The van der Waals surface area contributed by atoms with E-state index in [1.54, 1.807) is 24.6 Å². The molecule has 0 bridgehead atoms. The Hall–Kier alpha value is -1.06. The van der Waals surface area contributed by atoms with Gasteiger partial charge in [-0.2, -0.15) is 0 Å². The van der Waals surface area contributed by atoms with Gasteiger partial charge in [-0.25, -0.2) is 4.98 Å². The summed E-state index contributed by atoms with van der Waals surface area (Å²) in [6.45, 7) is 4.74. The van der Waals surface area contributed by atoms with E-state index in [2.05, 4.69) is 43.9 Å². The van der Waals surface area contributed by atoms with Crippen molar-refractivity contribution in [3.05, 3.63) is 45.2 Å². The van der Waals surface area contributed by atoms with Crippen LogP contribution in [0.4, 0.5) is 5.82 Å². The van der Waals surface area contributed by atoms with E-state index in [0.717, 1.165) is 37.8 Å². The van der Waals surface area contributed by atoms with Crippen LogP contribution in [0.15, 0.2) is 34.8 Å². The number of pyridine rings is 1. The minimum absolute atomic E-state index is 0. The molecule has 0 spiro atoms. The summed E-state index contributed by atoms with van der Waals surface area (Å²) in [5.41, 5.74) is 1.32. The van der Waals surface area contributed by atoms with Crippen LogP contribution in [-0.2, 0) is 6.54 Å². The van der Waals surface area contributed by atoms with E-state index in [9.17, 15) is 0 Å². The standard InChI is InChI=1S/C17H22ClN5S.HI/c1-12-6-9-24-15(12)10-21-17(19-2)22-13-5-8-23(11-13)16-14(18)4-3-7-20-16;/h3-4,6-7,9,13H,5,8,10-11H2,1-2H3,(H2,19,21,22);1H. The molecule has 5 nitrogen and oxygen atoms in total. The third kappa shape index (κ3) is 5.21. The van der Waals surface area contributed by atoms with Gasteiger partial charge in [0.2, 0.25) is 0 Å². The first kappa shape index (κ1) is 20.3. The minimum Gasteiger partial charge on any atom is -0.353 e. The van der Waals surface area contributed by atoms with Crippen LogP contribution in [0.5, 0.6) is 0 Å². The predicted octanol–water partition coefficient (Wildman–Crippen LogP) is 3.67. The number of halogens is 2. The molecule has 1 unspecified atom stereocenters. The first-order valence-corrected chi connectivity index (χ1v) is 9.28. The van der Waals surface area contributed by atoms with Crippen molar-refractivity contribution in [2.45, 2.75) is 25.9 Å². The number of hydrogen-bond acceptors (Lipinski definition) is 4. The van der Waals surface area contributed by atoms with E-state index in [1.165, 1.54) is 10.4 Å². The van der Waals surface area contributed by atoms with Crippen LogP contribution in [0.3, 0.4) is 0 Å². The van der Waals surface area contributed by atoms with Crippen LogP contribution in [-0.4, -0.2) is 37.1 Å². The van der Waals surface area contributed by atoms with Gasteiger partial charge in [0.25, 0.3) is 0 Å². The maximum atomic E-state index is 6.25. The number of rotatable bonds is 4. The molecule has 2 aromatic rings. The summed E-state index contributed by atoms with van der Waals surface area (Å²) >= 11 is 8.01. The Morgan fingerprint density at radius 1 is 1.48 bits per heavy atom. The monoisotopic (exact) mass is 491 g/mol. The first-order valence-electron chi connectivity index (χ1n) is 8.03. The molecule has 25 heavy (non-hydrogen) atoms. The number of aliphatic imine (C=N–C) groups is 1. The Kier molecular flexibility index (Phi) is 7.77. The van der Waals surface area contributed by atoms with Gasteiger partial charge in [-0.15, -0.1) is 35.3 Å². The van der Waals surface area contributed by atoms with E-state index in [4.69, 9.17) is 11.6 Å². The summed E-state index contributed by atoms with van der Waals surface area (Å²) in [4.78, 5) is 12.3. The normalized spacial score (nSPS) is 17.3. The third-order valence-electron chi connectivity index (χ3n) is 4.18. The lowest BCUT2D eigenvalue weighted by Gasteiger charge is -2.20. The number of nitrogens with one attached hydrogen (secondary N) is 2. The number of aryl methyl sites for hydroxylation is 1. The van der Waals surface area contributed by atoms with Gasteiger partial charge < -0.3 is 15.5 Å². The third-order valence-corrected chi connectivity index (χ3v) is 5.49. The van der Waals surface area contributed by atoms with Crippen molar-refractivity contribution >= 4 is 58.7 Å². The highest BCUT2D eigenvalue weighted by Crippen LogP contribution is 2.25. The van der Waals surface area contributed by atoms with Gasteiger partial charge in [0.05, 0.1) is 11.6 Å². The van der Waals surface area contributed by atoms with Crippen LogP contribution >= 0.6 is 46.9 Å². The van der Waals surface area contributed by atoms with Gasteiger partial charge in [-0.05, 0) is 42.5 Å². The molecule has 1 aliphatic heterocycles. The molecule has 0 aromatic carbocycles. The predicted molar refractivity (Wildman–Crippen MR) is 118 cm³/mol. The molecule has 2 N–H and O–H groups in total. The molecule has 3 heterocycles. The van der Waals surface area contributed by atoms with Crippen molar-refractivity contribution in [3.63, 3.8) is 0 Å². The molecule has 136 valence electrons. The molecule has 1 fully saturated rings. The molecular formula is C17H23ClIN5S. The zero-order valence-corrected chi connectivity index (χ0v) is 18.2. The molecule has 3 rings (SSSR count). The summed E-state index contributed by atoms with van der Waals surface area (Å²) in [6, 6.07) is 6.21. The summed E-state index contributed by atoms with van der Waals surface area (Å²) in [5, 5.41) is 9.71. The average molecular weight is 492 g/mol. The minimum atomic E-state index is 0. The van der Waals surface area contributed by atoms with Gasteiger partial charge >= 0.3 is 0 Å². The lowest BCUT2D eigenvalue weighted by molar-refractivity contribution is 0.649. The fraction of sp³-hybridized carbons (Fsp3) is 0.412. The maximum absolute atomic E-state index is 6.25. The molecule has 1 atom stereocenters. The van der Waals surface area contributed by atoms with Crippen LogP contribution in [0, 0.1) is 6.92 Å². The quantitative estimate of drug-likeness (QED) is 0.389. The van der Waals surface area contributed by atoms with E-state index < -0.39 is 0 Å². The number of hydrogen-bond donors (Lipinski definition) is 2. The van der Waals surface area contributed by atoms with Crippen molar-refractivity contribution in [2.75, 3.05) is 25.0 Å². The Labute approximate surface area is 174 Å². The summed E-state index contributed by atoms with van der Waals surface area (Å²) in [6.07, 6.45) is 2.82. The number of thiophene rings is 1. The SMILES string of the molecule is CN=C(NCc1sccc1C)NC1CCN(c2ncccc2Cl)C1.I. The molecule has 0 saturated carbocycles. The van der Waals surface area contributed by atoms with Gasteiger partial charge in [-0.1, -0.05) is 11.6 Å². The lowest BCUT2D eigenvalue weighted by Crippen LogP contribution is -2.44. The van der Waals surface area contributed by atoms with E-state index >= 15 is 0 Å². The highest BCUT2D eigenvalue weighted by Gasteiger charge is 2.25. The molecule has 0 radical (unpaired) electrons. The number of guanidine groups is 1.